The van der Waals surface area contributed by atoms with Gasteiger partial charge in [0.2, 0.25) is 0 Å². The van der Waals surface area contributed by atoms with E-state index in [1.165, 1.54) is 23.8 Å². The fourth-order valence-corrected chi connectivity index (χ4v) is 2.80. The number of thiocarbonyl (C=S) groups is 1. The Morgan fingerprint density at radius 2 is 1.68 bits per heavy atom. The molecule has 2 rings (SSSR count). The van der Waals surface area contributed by atoms with Crippen LogP contribution in [0.25, 0.3) is 0 Å². The van der Waals surface area contributed by atoms with Crippen LogP contribution in [0.3, 0.4) is 0 Å². The third-order valence-electron chi connectivity index (χ3n) is 2.84. The second-order valence-electron chi connectivity index (χ2n) is 4.52. The average molecular weight is 338 g/mol. The summed E-state index contributed by atoms with van der Waals surface area (Å²) in [5.74, 6) is 0.436. The minimum Gasteiger partial charge on any atom is -0.362 e. The van der Waals surface area contributed by atoms with Crippen LogP contribution in [0.1, 0.15) is 5.56 Å². The van der Waals surface area contributed by atoms with Gasteiger partial charge in [-0.3, -0.25) is 0 Å². The summed E-state index contributed by atoms with van der Waals surface area (Å²) in [6.07, 6.45) is 0. The summed E-state index contributed by atoms with van der Waals surface area (Å²) >= 11 is 6.80. The lowest BCUT2D eigenvalue weighted by Gasteiger charge is -2.11. The highest BCUT2D eigenvalue weighted by atomic mass is 32.2. The van der Waals surface area contributed by atoms with E-state index < -0.39 is 11.6 Å². The van der Waals surface area contributed by atoms with Crippen LogP contribution in [0.2, 0.25) is 0 Å². The van der Waals surface area contributed by atoms with E-state index in [9.17, 15) is 8.78 Å². The Morgan fingerprint density at radius 1 is 1.00 bits per heavy atom. The van der Waals surface area contributed by atoms with Gasteiger partial charge >= 0.3 is 0 Å². The lowest BCUT2D eigenvalue weighted by Crippen LogP contribution is -2.31. The number of benzene rings is 2. The van der Waals surface area contributed by atoms with Crippen molar-refractivity contribution in [1.82, 2.24) is 5.32 Å². The first-order valence-corrected chi connectivity index (χ1v) is 8.33. The second kappa shape index (κ2) is 8.70. The number of nitrogens with one attached hydrogen (secondary N) is 2. The van der Waals surface area contributed by atoms with E-state index in [2.05, 4.69) is 22.8 Å². The first kappa shape index (κ1) is 16.7. The van der Waals surface area contributed by atoms with Gasteiger partial charge in [-0.2, -0.15) is 11.8 Å². The molecule has 0 spiro atoms. The van der Waals surface area contributed by atoms with Crippen LogP contribution in [-0.2, 0) is 5.75 Å². The van der Waals surface area contributed by atoms with Crippen molar-refractivity contribution in [2.75, 3.05) is 17.6 Å². The maximum atomic E-state index is 13.4. The van der Waals surface area contributed by atoms with E-state index in [0.717, 1.165) is 11.5 Å². The number of para-hydroxylation sites is 1. The third-order valence-corrected chi connectivity index (χ3v) is 4.12. The molecule has 0 aliphatic heterocycles. The average Bonchev–Trinajstić information content (AvgIpc) is 2.52. The molecule has 2 N–H and O–H groups in total. The Hall–Kier alpha value is -1.66. The van der Waals surface area contributed by atoms with Crippen molar-refractivity contribution in [2.45, 2.75) is 5.75 Å². The molecule has 0 saturated heterocycles. The summed E-state index contributed by atoms with van der Waals surface area (Å²) in [6, 6.07) is 13.8. The lowest BCUT2D eigenvalue weighted by molar-refractivity contribution is 0.591. The molecule has 0 aliphatic rings. The van der Waals surface area contributed by atoms with E-state index in [1.807, 2.05) is 18.2 Å². The molecule has 0 aromatic heterocycles. The molecule has 2 nitrogen and oxygen atoms in total. The standard InChI is InChI=1S/C16H16F2N2S2/c17-13-7-4-8-14(18)15(13)20-16(21)19-9-10-22-11-12-5-2-1-3-6-12/h1-8H,9-11H2,(H2,19,20,21). The van der Waals surface area contributed by atoms with Gasteiger partial charge in [-0.25, -0.2) is 8.78 Å². The van der Waals surface area contributed by atoms with E-state index in [0.29, 0.717) is 6.54 Å². The highest BCUT2D eigenvalue weighted by Crippen LogP contribution is 2.17. The highest BCUT2D eigenvalue weighted by Gasteiger charge is 2.09. The van der Waals surface area contributed by atoms with Gasteiger partial charge in [0, 0.05) is 18.1 Å². The fourth-order valence-electron chi connectivity index (χ4n) is 1.78. The molecule has 6 heteroatoms. The van der Waals surface area contributed by atoms with Crippen LogP contribution in [0.15, 0.2) is 48.5 Å². The first-order chi connectivity index (χ1) is 10.7. The number of halogens is 2. The molecule has 0 unspecified atom stereocenters. The SMILES string of the molecule is Fc1cccc(F)c1NC(=S)NCCSCc1ccccc1. The van der Waals surface area contributed by atoms with Crippen molar-refractivity contribution < 1.29 is 8.78 Å². The van der Waals surface area contributed by atoms with Crippen molar-refractivity contribution in [1.29, 1.82) is 0 Å². The van der Waals surface area contributed by atoms with Crippen LogP contribution in [0, 0.1) is 11.6 Å². The van der Waals surface area contributed by atoms with Crippen molar-refractivity contribution in [3.05, 3.63) is 65.7 Å². The quantitative estimate of drug-likeness (QED) is 0.609. The molecule has 22 heavy (non-hydrogen) atoms. The molecule has 0 radical (unpaired) electrons. The summed E-state index contributed by atoms with van der Waals surface area (Å²) in [4.78, 5) is 0. The van der Waals surface area contributed by atoms with E-state index >= 15 is 0 Å². The van der Waals surface area contributed by atoms with Crippen LogP contribution >= 0.6 is 24.0 Å². The van der Waals surface area contributed by atoms with Gasteiger partial charge in [-0.15, -0.1) is 0 Å². The zero-order valence-corrected chi connectivity index (χ0v) is 13.4. The van der Waals surface area contributed by atoms with Gasteiger partial charge < -0.3 is 10.6 Å². The number of thioether (sulfide) groups is 1. The van der Waals surface area contributed by atoms with Crippen LogP contribution in [-0.4, -0.2) is 17.4 Å². The Balaban J connectivity index is 1.68. The third kappa shape index (κ3) is 5.27. The van der Waals surface area contributed by atoms with E-state index in [1.54, 1.807) is 11.8 Å². The summed E-state index contributed by atoms with van der Waals surface area (Å²) in [7, 11) is 0. The molecule has 0 fully saturated rings. The maximum absolute atomic E-state index is 13.4. The van der Waals surface area contributed by atoms with Crippen molar-refractivity contribution in [2.24, 2.45) is 0 Å². The van der Waals surface area contributed by atoms with Crippen molar-refractivity contribution in [3.63, 3.8) is 0 Å². The predicted octanol–water partition coefficient (Wildman–Crippen LogP) is 4.18. The zero-order chi connectivity index (χ0) is 15.8. The van der Waals surface area contributed by atoms with Gasteiger partial charge in [0.1, 0.15) is 17.3 Å². The Bertz CT molecular complexity index is 601. The van der Waals surface area contributed by atoms with Crippen molar-refractivity contribution in [3.8, 4) is 0 Å². The molecular weight excluding hydrogens is 322 g/mol. The van der Waals surface area contributed by atoms with Gasteiger partial charge in [0.05, 0.1) is 0 Å². The predicted molar refractivity (Wildman–Crippen MR) is 93.2 cm³/mol. The largest absolute Gasteiger partial charge is 0.362 e. The van der Waals surface area contributed by atoms with Gasteiger partial charge in [0.25, 0.3) is 0 Å². The number of hydrogen-bond donors (Lipinski definition) is 2. The Morgan fingerprint density at radius 3 is 2.36 bits per heavy atom. The molecule has 2 aromatic rings. The van der Waals surface area contributed by atoms with Crippen LogP contribution < -0.4 is 10.6 Å². The van der Waals surface area contributed by atoms with Gasteiger partial charge in [-0.1, -0.05) is 36.4 Å². The maximum Gasteiger partial charge on any atom is 0.170 e. The minimum atomic E-state index is -0.664. The first-order valence-electron chi connectivity index (χ1n) is 6.77. The van der Waals surface area contributed by atoms with E-state index in [-0.39, 0.29) is 10.8 Å². The molecule has 2 aromatic carbocycles. The van der Waals surface area contributed by atoms with Gasteiger partial charge in [0.15, 0.2) is 5.11 Å². The number of hydrogen-bond acceptors (Lipinski definition) is 2. The Labute approximate surface area is 138 Å². The van der Waals surface area contributed by atoms with Crippen LogP contribution in [0.4, 0.5) is 14.5 Å². The summed E-state index contributed by atoms with van der Waals surface area (Å²) < 4.78 is 26.9. The molecule has 0 aliphatic carbocycles. The Kier molecular flexibility index (Phi) is 6.61. The van der Waals surface area contributed by atoms with Crippen LogP contribution in [0.5, 0.6) is 0 Å². The normalized spacial score (nSPS) is 10.3. The molecule has 0 atom stereocenters. The second-order valence-corrected chi connectivity index (χ2v) is 6.03. The molecule has 0 amide bonds. The van der Waals surface area contributed by atoms with Crippen molar-refractivity contribution >= 4 is 34.8 Å². The monoisotopic (exact) mass is 338 g/mol. The van der Waals surface area contributed by atoms with Gasteiger partial charge in [-0.05, 0) is 29.9 Å². The fraction of sp³-hybridized carbons (Fsp3) is 0.188. The molecule has 116 valence electrons. The summed E-state index contributed by atoms with van der Waals surface area (Å²) in [5.41, 5.74) is 1.04. The van der Waals surface area contributed by atoms with E-state index in [4.69, 9.17) is 12.2 Å². The zero-order valence-electron chi connectivity index (χ0n) is 11.8. The smallest absolute Gasteiger partial charge is 0.170 e. The molecule has 0 heterocycles. The molecular formula is C16H16F2N2S2. The molecule has 0 saturated carbocycles. The molecule has 0 bridgehead atoms. The minimum absolute atomic E-state index is 0.212. The topological polar surface area (TPSA) is 24.1 Å². The highest BCUT2D eigenvalue weighted by molar-refractivity contribution is 7.98. The summed E-state index contributed by atoms with van der Waals surface area (Å²) in [5, 5.41) is 5.70. The number of rotatable bonds is 6. The lowest BCUT2D eigenvalue weighted by atomic mass is 10.2. The summed E-state index contributed by atoms with van der Waals surface area (Å²) in [6.45, 7) is 0.624. The number of anilines is 1.